The molecule has 1 atom stereocenters. The lowest BCUT2D eigenvalue weighted by Crippen LogP contribution is -2.30. The van der Waals surface area contributed by atoms with Gasteiger partial charge in [0.15, 0.2) is 6.10 Å². The molecule has 1 heterocycles. The zero-order chi connectivity index (χ0) is 12.0. The lowest BCUT2D eigenvalue weighted by molar-refractivity contribution is -0.146. The third kappa shape index (κ3) is 3.62. The first-order valence-corrected chi connectivity index (χ1v) is 4.57. The Balaban J connectivity index is 2.34. The van der Waals surface area contributed by atoms with Crippen molar-refractivity contribution in [1.29, 1.82) is 0 Å². The Bertz CT molecular complexity index is 368. The number of nitrogens with zero attached hydrogens (tertiary/aromatic N) is 2. The summed E-state index contributed by atoms with van der Waals surface area (Å²) in [6.07, 6.45) is 1.17. The van der Waals surface area contributed by atoms with E-state index < -0.39 is 12.1 Å². The van der Waals surface area contributed by atoms with Crippen LogP contribution in [0.5, 0.6) is 0 Å². The van der Waals surface area contributed by atoms with E-state index in [1.165, 1.54) is 18.5 Å². The van der Waals surface area contributed by atoms with Gasteiger partial charge in [0.05, 0.1) is 18.0 Å². The van der Waals surface area contributed by atoms with E-state index >= 15 is 0 Å². The van der Waals surface area contributed by atoms with Crippen molar-refractivity contribution in [2.24, 2.45) is 0 Å². The number of amides is 1. The molecule has 0 fully saturated rings. The van der Waals surface area contributed by atoms with E-state index in [0.29, 0.717) is 5.56 Å². The molecule has 0 bridgehead atoms. The van der Waals surface area contributed by atoms with Gasteiger partial charge in [0.1, 0.15) is 0 Å². The normalized spacial score (nSPS) is 11.8. The summed E-state index contributed by atoms with van der Waals surface area (Å²) in [5.74, 6) is -1.69. The summed E-state index contributed by atoms with van der Waals surface area (Å²) in [4.78, 5) is 21.7. The van der Waals surface area contributed by atoms with Crippen LogP contribution in [0, 0.1) is 0 Å². The molecule has 0 saturated carbocycles. The van der Waals surface area contributed by atoms with Crippen LogP contribution in [0.15, 0.2) is 18.5 Å². The first kappa shape index (κ1) is 12.1. The van der Waals surface area contributed by atoms with Crippen molar-refractivity contribution in [2.75, 3.05) is 6.54 Å². The van der Waals surface area contributed by atoms with Crippen molar-refractivity contribution in [3.05, 3.63) is 24.0 Å². The Hall–Kier alpha value is -2.02. The molecule has 0 aliphatic rings. The van der Waals surface area contributed by atoms with Crippen molar-refractivity contribution in [3.8, 4) is 0 Å². The molecule has 1 aromatic rings. The number of carbonyl (C=O) groups excluding carboxylic acids is 1. The summed E-state index contributed by atoms with van der Waals surface area (Å²) >= 11 is 0. The SMILES string of the molecule is O=C(NCC[C@H](O)C(=O)O)c1ccnnc1. The van der Waals surface area contributed by atoms with Crippen LogP contribution in [0.4, 0.5) is 0 Å². The van der Waals surface area contributed by atoms with E-state index in [0.717, 1.165) is 0 Å². The molecule has 7 heteroatoms. The molecule has 86 valence electrons. The lowest BCUT2D eigenvalue weighted by Gasteiger charge is -2.06. The van der Waals surface area contributed by atoms with E-state index in [1.54, 1.807) is 0 Å². The minimum atomic E-state index is -1.46. The van der Waals surface area contributed by atoms with Crippen LogP contribution in [-0.2, 0) is 4.79 Å². The first-order valence-electron chi connectivity index (χ1n) is 4.57. The second kappa shape index (κ2) is 5.76. The highest BCUT2D eigenvalue weighted by Crippen LogP contribution is 1.94. The number of hydrogen-bond acceptors (Lipinski definition) is 5. The van der Waals surface area contributed by atoms with E-state index in [-0.39, 0.29) is 18.9 Å². The summed E-state index contributed by atoms with van der Waals surface area (Å²) in [6.45, 7) is 0.0780. The van der Waals surface area contributed by atoms with Crippen molar-refractivity contribution >= 4 is 11.9 Å². The Morgan fingerprint density at radius 2 is 2.19 bits per heavy atom. The predicted octanol–water partition coefficient (Wildman–Crippen LogP) is -0.958. The monoisotopic (exact) mass is 225 g/mol. The number of carboxylic acids is 1. The fraction of sp³-hybridized carbons (Fsp3) is 0.333. The molecule has 16 heavy (non-hydrogen) atoms. The highest BCUT2D eigenvalue weighted by molar-refractivity contribution is 5.93. The van der Waals surface area contributed by atoms with Crippen LogP contribution in [-0.4, -0.2) is 44.9 Å². The van der Waals surface area contributed by atoms with E-state index in [1.807, 2.05) is 0 Å². The maximum Gasteiger partial charge on any atom is 0.332 e. The summed E-state index contributed by atoms with van der Waals surface area (Å²) in [5, 5.41) is 26.8. The van der Waals surface area contributed by atoms with Crippen LogP contribution in [0.25, 0.3) is 0 Å². The van der Waals surface area contributed by atoms with Gasteiger partial charge in [-0.2, -0.15) is 10.2 Å². The maximum absolute atomic E-state index is 11.4. The van der Waals surface area contributed by atoms with Crippen molar-refractivity contribution in [3.63, 3.8) is 0 Å². The molecule has 1 amide bonds. The van der Waals surface area contributed by atoms with Gasteiger partial charge in [-0.3, -0.25) is 4.79 Å². The summed E-state index contributed by atoms with van der Waals surface area (Å²) in [6, 6.07) is 1.48. The quantitative estimate of drug-likeness (QED) is 0.595. The topological polar surface area (TPSA) is 112 Å². The third-order valence-electron chi connectivity index (χ3n) is 1.83. The minimum Gasteiger partial charge on any atom is -0.479 e. The maximum atomic E-state index is 11.4. The fourth-order valence-electron chi connectivity index (χ4n) is 0.973. The molecule has 0 aromatic carbocycles. The molecule has 1 rings (SSSR count). The molecule has 0 aliphatic heterocycles. The van der Waals surface area contributed by atoms with E-state index in [4.69, 9.17) is 10.2 Å². The molecule has 3 N–H and O–H groups in total. The first-order chi connectivity index (χ1) is 7.61. The smallest absolute Gasteiger partial charge is 0.332 e. The number of carbonyl (C=O) groups is 2. The van der Waals surface area contributed by atoms with Gasteiger partial charge in [0, 0.05) is 13.0 Å². The van der Waals surface area contributed by atoms with Crippen LogP contribution in [0.1, 0.15) is 16.8 Å². The predicted molar refractivity (Wildman–Crippen MR) is 52.6 cm³/mol. The lowest BCUT2D eigenvalue weighted by atomic mass is 10.2. The van der Waals surface area contributed by atoms with Crippen molar-refractivity contribution < 1.29 is 19.8 Å². The van der Waals surface area contributed by atoms with Gasteiger partial charge in [-0.05, 0) is 6.07 Å². The van der Waals surface area contributed by atoms with Crippen LogP contribution in [0.3, 0.4) is 0 Å². The highest BCUT2D eigenvalue weighted by atomic mass is 16.4. The number of carboxylic acid groups (broad SMARTS) is 1. The van der Waals surface area contributed by atoms with E-state index in [2.05, 4.69) is 15.5 Å². The van der Waals surface area contributed by atoms with Crippen LogP contribution in [0.2, 0.25) is 0 Å². The Morgan fingerprint density at radius 3 is 2.75 bits per heavy atom. The minimum absolute atomic E-state index is 0.0421. The molecular weight excluding hydrogens is 214 g/mol. The Labute approximate surface area is 91.1 Å². The highest BCUT2D eigenvalue weighted by Gasteiger charge is 2.13. The average molecular weight is 225 g/mol. The molecule has 7 nitrogen and oxygen atoms in total. The molecule has 0 aliphatic carbocycles. The summed E-state index contributed by atoms with van der Waals surface area (Å²) in [5.41, 5.74) is 0.333. The van der Waals surface area contributed by atoms with Gasteiger partial charge in [-0.1, -0.05) is 0 Å². The van der Waals surface area contributed by atoms with Gasteiger partial charge >= 0.3 is 5.97 Å². The standard InChI is InChI=1S/C9H11N3O4/c13-7(9(15)16)2-3-10-8(14)6-1-4-11-12-5-6/h1,4-5,7,13H,2-3H2,(H,10,14)(H,15,16)/t7-/m0/s1. The second-order valence-corrected chi connectivity index (χ2v) is 3.03. The van der Waals surface area contributed by atoms with Gasteiger partial charge in [-0.25, -0.2) is 4.79 Å². The zero-order valence-corrected chi connectivity index (χ0v) is 8.33. The molecule has 0 saturated heterocycles. The number of aliphatic hydroxyl groups excluding tert-OH is 1. The van der Waals surface area contributed by atoms with Crippen molar-refractivity contribution in [1.82, 2.24) is 15.5 Å². The van der Waals surface area contributed by atoms with Gasteiger partial charge < -0.3 is 15.5 Å². The van der Waals surface area contributed by atoms with Crippen LogP contribution < -0.4 is 5.32 Å². The molecule has 0 radical (unpaired) electrons. The largest absolute Gasteiger partial charge is 0.479 e. The number of aromatic nitrogens is 2. The number of aliphatic hydroxyl groups is 1. The van der Waals surface area contributed by atoms with Crippen LogP contribution >= 0.6 is 0 Å². The number of hydrogen-bond donors (Lipinski definition) is 3. The number of rotatable bonds is 5. The molecule has 1 aromatic heterocycles. The average Bonchev–Trinajstić information content (AvgIpc) is 2.29. The molecule has 0 spiro atoms. The fourth-order valence-corrected chi connectivity index (χ4v) is 0.973. The molecule has 0 unspecified atom stereocenters. The zero-order valence-electron chi connectivity index (χ0n) is 8.33. The Kier molecular flexibility index (Phi) is 4.34. The third-order valence-corrected chi connectivity index (χ3v) is 1.83. The Morgan fingerprint density at radius 1 is 1.44 bits per heavy atom. The number of nitrogens with one attached hydrogen (secondary N) is 1. The van der Waals surface area contributed by atoms with Gasteiger partial charge in [0.2, 0.25) is 0 Å². The molecular formula is C9H11N3O4. The van der Waals surface area contributed by atoms with Crippen molar-refractivity contribution in [2.45, 2.75) is 12.5 Å². The van der Waals surface area contributed by atoms with Gasteiger partial charge in [-0.15, -0.1) is 0 Å². The number of aliphatic carboxylic acids is 1. The second-order valence-electron chi connectivity index (χ2n) is 3.03. The summed E-state index contributed by atoms with van der Waals surface area (Å²) in [7, 11) is 0. The van der Waals surface area contributed by atoms with E-state index in [9.17, 15) is 9.59 Å². The van der Waals surface area contributed by atoms with Gasteiger partial charge in [0.25, 0.3) is 5.91 Å². The summed E-state index contributed by atoms with van der Waals surface area (Å²) < 4.78 is 0.